The first-order valence-electron chi connectivity index (χ1n) is 8.12. The van der Waals surface area contributed by atoms with Crippen LogP contribution in [-0.4, -0.2) is 59.3 Å². The third-order valence-corrected chi connectivity index (χ3v) is 4.61. The summed E-state index contributed by atoms with van der Waals surface area (Å²) >= 11 is 1.28. The Hall–Kier alpha value is -2.13. The minimum Gasteiger partial charge on any atom is -0.378 e. The second kappa shape index (κ2) is 8.30. The van der Waals surface area contributed by atoms with E-state index in [0.717, 1.165) is 0 Å². The molecule has 0 radical (unpaired) electrons. The average molecular weight is 365 g/mol. The predicted octanol–water partition coefficient (Wildman–Crippen LogP) is 1.47. The molecular weight excluding hydrogens is 345 g/mol. The number of halogens is 1. The Morgan fingerprint density at radius 2 is 2.16 bits per heavy atom. The molecule has 2 heterocycles. The summed E-state index contributed by atoms with van der Waals surface area (Å²) in [6.45, 7) is 5.04. The molecule has 0 saturated carbocycles. The summed E-state index contributed by atoms with van der Waals surface area (Å²) in [4.78, 5) is 13.8. The van der Waals surface area contributed by atoms with E-state index in [0.29, 0.717) is 49.6 Å². The van der Waals surface area contributed by atoms with Gasteiger partial charge in [0.2, 0.25) is 11.9 Å². The first-order chi connectivity index (χ1) is 12.2. The topological polar surface area (TPSA) is 72.3 Å². The molecule has 0 unspecified atom stereocenters. The van der Waals surface area contributed by atoms with Crippen molar-refractivity contribution < 1.29 is 13.9 Å². The molecule has 0 spiro atoms. The second-order valence-electron chi connectivity index (χ2n) is 5.44. The fourth-order valence-corrected chi connectivity index (χ4v) is 3.32. The Labute approximate surface area is 149 Å². The number of ether oxygens (including phenoxy) is 1. The Morgan fingerprint density at radius 3 is 2.88 bits per heavy atom. The van der Waals surface area contributed by atoms with Gasteiger partial charge in [0, 0.05) is 19.6 Å². The van der Waals surface area contributed by atoms with E-state index < -0.39 is 0 Å². The number of amides is 1. The van der Waals surface area contributed by atoms with Crippen LogP contribution in [0.4, 0.5) is 10.3 Å². The van der Waals surface area contributed by atoms with Gasteiger partial charge in [0.15, 0.2) is 5.16 Å². The fourth-order valence-electron chi connectivity index (χ4n) is 2.54. The third-order valence-electron chi connectivity index (χ3n) is 3.68. The maximum Gasteiger partial charge on any atom is 0.232 e. The van der Waals surface area contributed by atoms with Crippen molar-refractivity contribution in [3.63, 3.8) is 0 Å². The van der Waals surface area contributed by atoms with Crippen molar-refractivity contribution >= 4 is 23.6 Å². The van der Waals surface area contributed by atoms with Gasteiger partial charge in [0.05, 0.1) is 24.7 Å². The van der Waals surface area contributed by atoms with Crippen LogP contribution in [0.2, 0.25) is 0 Å². The van der Waals surface area contributed by atoms with Gasteiger partial charge in [-0.05, 0) is 25.1 Å². The molecule has 1 saturated heterocycles. The SMILES string of the molecule is CCNC(=O)CSc1nnc(N2CCOCC2)n1-c1cccc(F)c1. The zero-order valence-electron chi connectivity index (χ0n) is 13.9. The molecule has 1 fully saturated rings. The molecule has 3 rings (SSSR count). The lowest BCUT2D eigenvalue weighted by molar-refractivity contribution is -0.118. The molecule has 1 aromatic carbocycles. The van der Waals surface area contributed by atoms with Crippen molar-refractivity contribution in [1.29, 1.82) is 0 Å². The van der Waals surface area contributed by atoms with Crippen molar-refractivity contribution in [1.82, 2.24) is 20.1 Å². The zero-order valence-corrected chi connectivity index (χ0v) is 14.8. The first-order valence-corrected chi connectivity index (χ1v) is 9.11. The molecule has 0 atom stereocenters. The van der Waals surface area contributed by atoms with Gasteiger partial charge < -0.3 is 15.0 Å². The zero-order chi connectivity index (χ0) is 17.6. The van der Waals surface area contributed by atoms with E-state index >= 15 is 0 Å². The van der Waals surface area contributed by atoms with Crippen molar-refractivity contribution in [2.75, 3.05) is 43.5 Å². The fraction of sp³-hybridized carbons (Fsp3) is 0.438. The van der Waals surface area contributed by atoms with Crippen LogP contribution in [0.1, 0.15) is 6.92 Å². The number of carbonyl (C=O) groups is 1. The van der Waals surface area contributed by atoms with E-state index in [2.05, 4.69) is 20.4 Å². The van der Waals surface area contributed by atoms with Gasteiger partial charge in [-0.1, -0.05) is 17.8 Å². The molecule has 1 aliphatic rings. The number of hydrogen-bond acceptors (Lipinski definition) is 6. The summed E-state index contributed by atoms with van der Waals surface area (Å²) in [6.07, 6.45) is 0. The molecule has 134 valence electrons. The van der Waals surface area contributed by atoms with Crippen LogP contribution in [0.15, 0.2) is 29.4 Å². The van der Waals surface area contributed by atoms with Crippen molar-refractivity contribution in [2.45, 2.75) is 12.1 Å². The lowest BCUT2D eigenvalue weighted by Gasteiger charge is -2.27. The standard InChI is InChI=1S/C16H20FN5O2S/c1-2-18-14(23)11-25-16-20-19-15(21-6-8-24-9-7-21)22(16)13-5-3-4-12(17)10-13/h3-5,10H,2,6-9,11H2,1H3,(H,18,23). The number of morpholine rings is 1. The maximum atomic E-state index is 13.7. The van der Waals surface area contributed by atoms with Gasteiger partial charge >= 0.3 is 0 Å². The average Bonchev–Trinajstić information content (AvgIpc) is 3.05. The van der Waals surface area contributed by atoms with Crippen LogP contribution >= 0.6 is 11.8 Å². The van der Waals surface area contributed by atoms with Crippen LogP contribution in [0.5, 0.6) is 0 Å². The molecule has 25 heavy (non-hydrogen) atoms. The van der Waals surface area contributed by atoms with Gasteiger partial charge in [0.1, 0.15) is 5.82 Å². The van der Waals surface area contributed by atoms with E-state index in [1.807, 2.05) is 6.92 Å². The highest BCUT2D eigenvalue weighted by Crippen LogP contribution is 2.27. The first kappa shape index (κ1) is 17.7. The van der Waals surface area contributed by atoms with Crippen LogP contribution in [-0.2, 0) is 9.53 Å². The van der Waals surface area contributed by atoms with Crippen LogP contribution < -0.4 is 10.2 Å². The number of thioether (sulfide) groups is 1. The highest BCUT2D eigenvalue weighted by Gasteiger charge is 2.22. The van der Waals surface area contributed by atoms with Crippen LogP contribution in [0.25, 0.3) is 5.69 Å². The van der Waals surface area contributed by atoms with E-state index in [-0.39, 0.29) is 17.5 Å². The lowest BCUT2D eigenvalue weighted by Crippen LogP contribution is -2.37. The maximum absolute atomic E-state index is 13.7. The van der Waals surface area contributed by atoms with E-state index in [4.69, 9.17) is 4.74 Å². The monoisotopic (exact) mass is 365 g/mol. The molecule has 0 aliphatic carbocycles. The Balaban J connectivity index is 1.91. The highest BCUT2D eigenvalue weighted by atomic mass is 32.2. The number of rotatable bonds is 6. The Morgan fingerprint density at radius 1 is 1.36 bits per heavy atom. The highest BCUT2D eigenvalue weighted by molar-refractivity contribution is 7.99. The summed E-state index contributed by atoms with van der Waals surface area (Å²) in [5, 5.41) is 11.8. The molecule has 1 aromatic heterocycles. The predicted molar refractivity (Wildman–Crippen MR) is 93.8 cm³/mol. The number of carbonyl (C=O) groups excluding carboxylic acids is 1. The van der Waals surface area contributed by atoms with E-state index in [9.17, 15) is 9.18 Å². The number of nitrogens with zero attached hydrogens (tertiary/aromatic N) is 4. The third kappa shape index (κ3) is 4.29. The Bertz CT molecular complexity index is 733. The molecule has 2 aromatic rings. The molecule has 0 bridgehead atoms. The van der Waals surface area contributed by atoms with Gasteiger partial charge in [-0.3, -0.25) is 9.36 Å². The molecular formula is C16H20FN5O2S. The molecule has 9 heteroatoms. The largest absolute Gasteiger partial charge is 0.378 e. The number of benzene rings is 1. The summed E-state index contributed by atoms with van der Waals surface area (Å²) in [6, 6.07) is 6.27. The Kier molecular flexibility index (Phi) is 5.87. The second-order valence-corrected chi connectivity index (χ2v) is 6.38. The van der Waals surface area contributed by atoms with Crippen molar-refractivity contribution in [2.24, 2.45) is 0 Å². The van der Waals surface area contributed by atoms with Gasteiger partial charge in [-0.2, -0.15) is 0 Å². The van der Waals surface area contributed by atoms with Gasteiger partial charge in [-0.25, -0.2) is 4.39 Å². The van der Waals surface area contributed by atoms with Crippen molar-refractivity contribution in [3.05, 3.63) is 30.1 Å². The quantitative estimate of drug-likeness (QED) is 0.782. The summed E-state index contributed by atoms with van der Waals surface area (Å²) in [7, 11) is 0. The van der Waals surface area contributed by atoms with Crippen LogP contribution in [0, 0.1) is 5.82 Å². The van der Waals surface area contributed by atoms with E-state index in [1.165, 1.54) is 23.9 Å². The smallest absolute Gasteiger partial charge is 0.232 e. The summed E-state index contributed by atoms with van der Waals surface area (Å²) in [5.41, 5.74) is 0.630. The number of anilines is 1. The molecule has 7 nitrogen and oxygen atoms in total. The lowest BCUT2D eigenvalue weighted by atomic mass is 10.3. The van der Waals surface area contributed by atoms with Gasteiger partial charge in [0.25, 0.3) is 0 Å². The van der Waals surface area contributed by atoms with Crippen molar-refractivity contribution in [3.8, 4) is 5.69 Å². The molecule has 1 amide bonds. The molecule has 1 aliphatic heterocycles. The number of nitrogens with one attached hydrogen (secondary N) is 1. The minimum absolute atomic E-state index is 0.0748. The summed E-state index contributed by atoms with van der Waals surface area (Å²) < 4.78 is 20.9. The number of aromatic nitrogens is 3. The van der Waals surface area contributed by atoms with E-state index in [1.54, 1.807) is 16.7 Å². The van der Waals surface area contributed by atoms with Gasteiger partial charge in [-0.15, -0.1) is 10.2 Å². The van der Waals surface area contributed by atoms with Crippen LogP contribution in [0.3, 0.4) is 0 Å². The minimum atomic E-state index is -0.334. The normalized spacial score (nSPS) is 14.6. The number of hydrogen-bond donors (Lipinski definition) is 1. The summed E-state index contributed by atoms with van der Waals surface area (Å²) in [5.74, 6) is 0.449. The molecule has 1 N–H and O–H groups in total.